The molecule has 0 radical (unpaired) electrons. The number of allylic oxidation sites excluding steroid dienone is 1. The van der Waals surface area contributed by atoms with Gasteiger partial charge in [0.15, 0.2) is 17.3 Å². The van der Waals surface area contributed by atoms with Crippen LogP contribution in [-0.2, 0) is 11.4 Å². The van der Waals surface area contributed by atoms with Crippen LogP contribution in [-0.4, -0.2) is 39.0 Å². The van der Waals surface area contributed by atoms with E-state index in [9.17, 15) is 9.90 Å². The maximum atomic E-state index is 13.5. The maximum Gasteiger partial charge on any atom is 0.255 e. The van der Waals surface area contributed by atoms with Gasteiger partial charge in [0.25, 0.3) is 5.91 Å². The monoisotopic (exact) mass is 453 g/mol. The Kier molecular flexibility index (Phi) is 5.20. The molecule has 3 N–H and O–H groups in total. The standard InChI is InChI=1S/C22H20ClN5O4/c1-12-19(21(30)25-15-5-3-2-4-14(15)23)20(28-22(24-12)26-18(11-29)27-28)13-6-7-16-17(10-13)32-9-8-31-16/h2-7,10,20,29H,8-9,11H2,1H3,(H,25,30)(H,24,26,27). The lowest BCUT2D eigenvalue weighted by atomic mass is 9.94. The largest absolute Gasteiger partial charge is 0.486 e. The summed E-state index contributed by atoms with van der Waals surface area (Å²) in [5, 5.41) is 20.4. The van der Waals surface area contributed by atoms with Crippen molar-refractivity contribution in [3.05, 3.63) is 70.1 Å². The van der Waals surface area contributed by atoms with Crippen LogP contribution in [0.3, 0.4) is 0 Å². The van der Waals surface area contributed by atoms with E-state index in [1.54, 1.807) is 35.9 Å². The van der Waals surface area contributed by atoms with Gasteiger partial charge < -0.3 is 25.2 Å². The summed E-state index contributed by atoms with van der Waals surface area (Å²) >= 11 is 6.25. The maximum absolute atomic E-state index is 13.5. The van der Waals surface area contributed by atoms with Crippen molar-refractivity contribution in [2.45, 2.75) is 19.6 Å². The predicted molar refractivity (Wildman–Crippen MR) is 118 cm³/mol. The lowest BCUT2D eigenvalue weighted by Gasteiger charge is -2.29. The first kappa shape index (κ1) is 20.3. The molecule has 10 heteroatoms. The summed E-state index contributed by atoms with van der Waals surface area (Å²) in [4.78, 5) is 17.8. The molecule has 1 atom stereocenters. The first-order chi connectivity index (χ1) is 15.5. The molecule has 5 rings (SSSR count). The Bertz CT molecular complexity index is 1240. The number of aliphatic hydroxyl groups is 1. The highest BCUT2D eigenvalue weighted by Crippen LogP contribution is 2.40. The summed E-state index contributed by atoms with van der Waals surface area (Å²) in [5.41, 5.74) is 2.30. The van der Waals surface area contributed by atoms with Crippen molar-refractivity contribution < 1.29 is 19.4 Å². The number of aromatic nitrogens is 3. The lowest BCUT2D eigenvalue weighted by Crippen LogP contribution is -2.31. The van der Waals surface area contributed by atoms with E-state index in [1.807, 2.05) is 18.2 Å². The number of rotatable bonds is 4. The van der Waals surface area contributed by atoms with Crippen LogP contribution < -0.4 is 20.1 Å². The molecule has 2 aliphatic heterocycles. The highest BCUT2D eigenvalue weighted by Gasteiger charge is 2.35. The summed E-state index contributed by atoms with van der Waals surface area (Å²) in [6, 6.07) is 11.9. The molecule has 9 nitrogen and oxygen atoms in total. The molecule has 2 aromatic carbocycles. The highest BCUT2D eigenvalue weighted by atomic mass is 35.5. The Hall–Kier alpha value is -3.56. The average Bonchev–Trinajstić information content (AvgIpc) is 3.22. The molecule has 1 unspecified atom stereocenters. The number of hydrogen-bond donors (Lipinski definition) is 3. The van der Waals surface area contributed by atoms with Gasteiger partial charge in [-0.15, -0.1) is 0 Å². The fourth-order valence-electron chi connectivity index (χ4n) is 3.85. The fourth-order valence-corrected chi connectivity index (χ4v) is 4.03. The minimum absolute atomic E-state index is 0.246. The molecule has 164 valence electrons. The Morgan fingerprint density at radius 2 is 2.03 bits per heavy atom. The van der Waals surface area contributed by atoms with Crippen LogP contribution in [0.2, 0.25) is 5.02 Å². The first-order valence-corrected chi connectivity index (χ1v) is 10.4. The van der Waals surface area contributed by atoms with Gasteiger partial charge >= 0.3 is 0 Å². The van der Waals surface area contributed by atoms with Crippen molar-refractivity contribution in [1.82, 2.24) is 14.8 Å². The molecule has 3 heterocycles. The van der Waals surface area contributed by atoms with Crippen molar-refractivity contribution in [2.75, 3.05) is 23.8 Å². The third-order valence-electron chi connectivity index (χ3n) is 5.29. The van der Waals surface area contributed by atoms with Crippen molar-refractivity contribution in [3.8, 4) is 11.5 Å². The predicted octanol–water partition coefficient (Wildman–Crippen LogP) is 3.12. The van der Waals surface area contributed by atoms with Crippen molar-refractivity contribution in [2.24, 2.45) is 0 Å². The van der Waals surface area contributed by atoms with E-state index in [0.29, 0.717) is 52.6 Å². The molecular formula is C22H20ClN5O4. The van der Waals surface area contributed by atoms with Crippen LogP contribution >= 0.6 is 11.6 Å². The molecule has 0 fully saturated rings. The van der Waals surface area contributed by atoms with E-state index >= 15 is 0 Å². The number of fused-ring (bicyclic) bond motifs is 2. The quantitative estimate of drug-likeness (QED) is 0.556. The number of nitrogens with zero attached hydrogens (tertiary/aromatic N) is 3. The SMILES string of the molecule is CC1=C(C(=O)Nc2ccccc2Cl)C(c2ccc3c(c2)OCCO3)n2nc(CO)nc2N1. The number of carbonyl (C=O) groups is 1. The second kappa shape index (κ2) is 8.18. The molecule has 1 aromatic heterocycles. The molecule has 0 aliphatic carbocycles. The van der Waals surface area contributed by atoms with Gasteiger partial charge in [-0.3, -0.25) is 4.79 Å². The number of para-hydroxylation sites is 1. The van der Waals surface area contributed by atoms with Gasteiger partial charge in [0, 0.05) is 5.70 Å². The lowest BCUT2D eigenvalue weighted by molar-refractivity contribution is -0.113. The molecule has 0 saturated heterocycles. The average molecular weight is 454 g/mol. The second-order valence-electron chi connectivity index (χ2n) is 7.36. The van der Waals surface area contributed by atoms with E-state index in [2.05, 4.69) is 20.7 Å². The van der Waals surface area contributed by atoms with E-state index in [1.165, 1.54) is 0 Å². The molecule has 0 saturated carbocycles. The Morgan fingerprint density at radius 3 is 2.81 bits per heavy atom. The van der Waals surface area contributed by atoms with E-state index in [-0.39, 0.29) is 18.3 Å². The molecule has 0 bridgehead atoms. The molecular weight excluding hydrogens is 434 g/mol. The second-order valence-corrected chi connectivity index (χ2v) is 7.76. The number of ether oxygens (including phenoxy) is 2. The fraction of sp³-hybridized carbons (Fsp3) is 0.227. The highest BCUT2D eigenvalue weighted by molar-refractivity contribution is 6.33. The zero-order valence-electron chi connectivity index (χ0n) is 17.1. The van der Waals surface area contributed by atoms with Gasteiger partial charge in [0.1, 0.15) is 25.9 Å². The third-order valence-corrected chi connectivity index (χ3v) is 5.62. The van der Waals surface area contributed by atoms with Gasteiger partial charge in [-0.1, -0.05) is 29.8 Å². The molecule has 32 heavy (non-hydrogen) atoms. The van der Waals surface area contributed by atoms with Crippen LogP contribution in [0.25, 0.3) is 0 Å². The number of anilines is 2. The van der Waals surface area contributed by atoms with Crippen LogP contribution in [0.15, 0.2) is 53.7 Å². The number of aliphatic hydroxyl groups excluding tert-OH is 1. The van der Waals surface area contributed by atoms with Gasteiger partial charge in [-0.25, -0.2) is 4.68 Å². The normalized spacial score (nSPS) is 16.9. The molecule has 3 aromatic rings. The third kappa shape index (κ3) is 3.55. The summed E-state index contributed by atoms with van der Waals surface area (Å²) in [5.74, 6) is 1.58. The smallest absolute Gasteiger partial charge is 0.255 e. The summed E-state index contributed by atoms with van der Waals surface area (Å²) in [6.07, 6.45) is 0. The van der Waals surface area contributed by atoms with Gasteiger partial charge in [-0.05, 0) is 36.8 Å². The topological polar surface area (TPSA) is 111 Å². The van der Waals surface area contributed by atoms with Crippen molar-refractivity contribution in [1.29, 1.82) is 0 Å². The zero-order valence-corrected chi connectivity index (χ0v) is 17.9. The van der Waals surface area contributed by atoms with Crippen LogP contribution in [0.4, 0.5) is 11.6 Å². The number of carbonyl (C=O) groups excluding carboxylic acids is 1. The first-order valence-electron chi connectivity index (χ1n) is 10.0. The number of hydrogen-bond acceptors (Lipinski definition) is 7. The minimum atomic E-state index is -0.614. The van der Waals surface area contributed by atoms with Crippen LogP contribution in [0.5, 0.6) is 11.5 Å². The minimum Gasteiger partial charge on any atom is -0.486 e. The van der Waals surface area contributed by atoms with Crippen LogP contribution in [0.1, 0.15) is 24.4 Å². The van der Waals surface area contributed by atoms with Crippen LogP contribution in [0, 0.1) is 0 Å². The summed E-state index contributed by atoms with van der Waals surface area (Å²) in [6.45, 7) is 2.40. The van der Waals surface area contributed by atoms with E-state index in [0.717, 1.165) is 5.56 Å². The number of halogens is 1. The number of amides is 1. The Balaban J connectivity index is 1.60. The Labute approximate surface area is 188 Å². The van der Waals surface area contributed by atoms with E-state index < -0.39 is 6.04 Å². The summed E-state index contributed by atoms with van der Waals surface area (Å²) < 4.78 is 13.0. The number of benzene rings is 2. The Morgan fingerprint density at radius 1 is 1.25 bits per heavy atom. The van der Waals surface area contributed by atoms with E-state index in [4.69, 9.17) is 21.1 Å². The van der Waals surface area contributed by atoms with Gasteiger partial charge in [0.2, 0.25) is 5.95 Å². The zero-order chi connectivity index (χ0) is 22.2. The molecule has 2 aliphatic rings. The molecule has 0 spiro atoms. The van der Waals surface area contributed by atoms with Crippen molar-refractivity contribution >= 4 is 29.1 Å². The summed E-state index contributed by atoms with van der Waals surface area (Å²) in [7, 11) is 0. The number of nitrogens with one attached hydrogen (secondary N) is 2. The van der Waals surface area contributed by atoms with Gasteiger partial charge in [-0.2, -0.15) is 10.1 Å². The van der Waals surface area contributed by atoms with Gasteiger partial charge in [0.05, 0.1) is 16.3 Å². The van der Waals surface area contributed by atoms with Crippen molar-refractivity contribution in [3.63, 3.8) is 0 Å². The molecule has 1 amide bonds.